The smallest absolute Gasteiger partial charge is 0.320 e. The lowest BCUT2D eigenvalue weighted by Gasteiger charge is -2.28. The summed E-state index contributed by atoms with van der Waals surface area (Å²) in [4.78, 5) is 22.8. The molecule has 4 atom stereocenters. The third-order valence-corrected chi connectivity index (χ3v) is 4.08. The molecule has 1 amide bonds. The Bertz CT molecular complexity index is 544. The van der Waals surface area contributed by atoms with E-state index in [-0.39, 0.29) is 23.9 Å². The van der Waals surface area contributed by atoms with Crippen LogP contribution in [0.4, 0.5) is 0 Å². The molecule has 1 saturated heterocycles. The lowest BCUT2D eigenvalue weighted by molar-refractivity contribution is -0.139. The topological polar surface area (TPSA) is 78.4 Å². The number of amides is 1. The number of hydrogen-bond acceptors (Lipinski definition) is 3. The van der Waals surface area contributed by atoms with Crippen LogP contribution in [-0.2, 0) is 16.0 Å². The van der Waals surface area contributed by atoms with E-state index in [4.69, 9.17) is 0 Å². The van der Waals surface area contributed by atoms with E-state index in [0.29, 0.717) is 12.8 Å². The molecule has 22 heavy (non-hydrogen) atoms. The maximum atomic E-state index is 11.5. The molecule has 1 aliphatic heterocycles. The molecule has 0 aliphatic carbocycles. The highest BCUT2D eigenvalue weighted by atomic mass is 16.4. The summed E-state index contributed by atoms with van der Waals surface area (Å²) >= 11 is 0. The first-order chi connectivity index (χ1) is 10.5. The highest BCUT2D eigenvalue weighted by Gasteiger charge is 2.40. The van der Waals surface area contributed by atoms with Gasteiger partial charge in [0.05, 0.1) is 0 Å². The fourth-order valence-corrected chi connectivity index (χ4v) is 3.07. The maximum absolute atomic E-state index is 11.5. The van der Waals surface area contributed by atoms with Gasteiger partial charge in [-0.1, -0.05) is 36.4 Å². The number of benzene rings is 1. The number of aliphatic carboxylic acids is 1. The van der Waals surface area contributed by atoms with Crippen molar-refractivity contribution >= 4 is 11.9 Å². The van der Waals surface area contributed by atoms with Crippen molar-refractivity contribution in [1.82, 2.24) is 10.6 Å². The van der Waals surface area contributed by atoms with Crippen molar-refractivity contribution < 1.29 is 14.7 Å². The van der Waals surface area contributed by atoms with Crippen LogP contribution in [0.25, 0.3) is 0 Å². The van der Waals surface area contributed by atoms with Gasteiger partial charge in [-0.15, -0.1) is 6.58 Å². The minimum absolute atomic E-state index is 0.0154. The normalized spacial score (nSPS) is 25.4. The van der Waals surface area contributed by atoms with E-state index < -0.39 is 12.0 Å². The van der Waals surface area contributed by atoms with Crippen molar-refractivity contribution in [1.29, 1.82) is 0 Å². The molecule has 0 aromatic heterocycles. The summed E-state index contributed by atoms with van der Waals surface area (Å²) in [5.41, 5.74) is 1.10. The Morgan fingerprint density at radius 1 is 1.45 bits per heavy atom. The minimum atomic E-state index is -0.865. The van der Waals surface area contributed by atoms with Crippen molar-refractivity contribution in [2.45, 2.75) is 37.9 Å². The zero-order valence-corrected chi connectivity index (χ0v) is 12.7. The van der Waals surface area contributed by atoms with E-state index in [1.807, 2.05) is 30.3 Å². The summed E-state index contributed by atoms with van der Waals surface area (Å²) in [7, 11) is 0. The molecule has 1 unspecified atom stereocenters. The van der Waals surface area contributed by atoms with Gasteiger partial charge in [0.2, 0.25) is 5.91 Å². The predicted molar refractivity (Wildman–Crippen MR) is 84.4 cm³/mol. The standard InChI is InChI=1S/C17H22N2O3/c1-3-13-10-15(17(21)22)19-16(13)14(18-11(2)20)9-12-7-5-4-6-8-12/h3-8,13-16,19H,1,9-10H2,2H3,(H,18,20)(H,21,22)/t13-,14+,15-,16?/m1/s1. The van der Waals surface area contributed by atoms with Crippen molar-refractivity contribution in [2.75, 3.05) is 0 Å². The second kappa shape index (κ2) is 7.22. The number of carbonyl (C=O) groups is 2. The SMILES string of the molecule is C=C[C@@H]1C[C@H](C(=O)O)NC1[C@H](Cc1ccccc1)NC(C)=O. The van der Waals surface area contributed by atoms with E-state index in [9.17, 15) is 14.7 Å². The lowest BCUT2D eigenvalue weighted by atomic mass is 9.90. The van der Waals surface area contributed by atoms with Gasteiger partial charge in [0.1, 0.15) is 6.04 Å². The van der Waals surface area contributed by atoms with E-state index in [1.54, 1.807) is 6.08 Å². The van der Waals surface area contributed by atoms with Gasteiger partial charge in [-0.05, 0) is 24.3 Å². The molecule has 5 heteroatoms. The molecular weight excluding hydrogens is 280 g/mol. The highest BCUT2D eigenvalue weighted by Crippen LogP contribution is 2.25. The predicted octanol–water partition coefficient (Wildman–Crippen LogP) is 1.35. The first-order valence-electron chi connectivity index (χ1n) is 7.43. The molecule has 0 radical (unpaired) electrons. The fourth-order valence-electron chi connectivity index (χ4n) is 3.07. The summed E-state index contributed by atoms with van der Waals surface area (Å²) in [5, 5.41) is 15.3. The van der Waals surface area contributed by atoms with Gasteiger partial charge in [-0.2, -0.15) is 0 Å². The van der Waals surface area contributed by atoms with E-state index in [2.05, 4.69) is 17.2 Å². The Morgan fingerprint density at radius 2 is 2.14 bits per heavy atom. The largest absolute Gasteiger partial charge is 0.480 e. The molecule has 0 saturated carbocycles. The van der Waals surface area contributed by atoms with Gasteiger partial charge in [0.25, 0.3) is 0 Å². The Balaban J connectivity index is 2.18. The Kier molecular flexibility index (Phi) is 5.33. The first-order valence-corrected chi connectivity index (χ1v) is 7.43. The molecule has 118 valence electrons. The Hall–Kier alpha value is -2.14. The summed E-state index contributed by atoms with van der Waals surface area (Å²) < 4.78 is 0. The van der Waals surface area contributed by atoms with Crippen LogP contribution in [0.15, 0.2) is 43.0 Å². The Labute approximate surface area is 130 Å². The molecule has 0 bridgehead atoms. The van der Waals surface area contributed by atoms with Crippen LogP contribution < -0.4 is 10.6 Å². The molecule has 2 rings (SSSR count). The number of rotatable bonds is 6. The monoisotopic (exact) mass is 302 g/mol. The molecule has 1 fully saturated rings. The zero-order valence-electron chi connectivity index (χ0n) is 12.7. The van der Waals surface area contributed by atoms with Crippen molar-refractivity contribution in [2.24, 2.45) is 5.92 Å². The Morgan fingerprint density at radius 3 is 2.68 bits per heavy atom. The van der Waals surface area contributed by atoms with Crippen molar-refractivity contribution in [3.63, 3.8) is 0 Å². The molecule has 1 aromatic carbocycles. The highest BCUT2D eigenvalue weighted by molar-refractivity contribution is 5.75. The van der Waals surface area contributed by atoms with Crippen molar-refractivity contribution in [3.05, 3.63) is 48.6 Å². The van der Waals surface area contributed by atoms with E-state index in [1.165, 1.54) is 6.92 Å². The average molecular weight is 302 g/mol. The van der Waals surface area contributed by atoms with E-state index >= 15 is 0 Å². The summed E-state index contributed by atoms with van der Waals surface area (Å²) in [6.45, 7) is 5.29. The second-order valence-corrected chi connectivity index (χ2v) is 5.72. The quantitative estimate of drug-likeness (QED) is 0.693. The molecule has 3 N–H and O–H groups in total. The van der Waals surface area contributed by atoms with Crippen LogP contribution in [0.3, 0.4) is 0 Å². The lowest BCUT2D eigenvalue weighted by Crippen LogP contribution is -2.52. The summed E-state index contributed by atoms with van der Waals surface area (Å²) in [5.74, 6) is -0.971. The fraction of sp³-hybridized carbons (Fsp3) is 0.412. The van der Waals surface area contributed by atoms with Gasteiger partial charge in [0, 0.05) is 19.0 Å². The van der Waals surface area contributed by atoms with Gasteiger partial charge >= 0.3 is 5.97 Å². The molecule has 1 aromatic rings. The van der Waals surface area contributed by atoms with Crippen LogP contribution in [0.5, 0.6) is 0 Å². The van der Waals surface area contributed by atoms with Gasteiger partial charge in [-0.25, -0.2) is 0 Å². The van der Waals surface area contributed by atoms with E-state index in [0.717, 1.165) is 5.56 Å². The number of carbonyl (C=O) groups excluding carboxylic acids is 1. The molecule has 1 aliphatic rings. The van der Waals surface area contributed by atoms with Crippen LogP contribution in [0.1, 0.15) is 18.9 Å². The van der Waals surface area contributed by atoms with Crippen LogP contribution >= 0.6 is 0 Å². The number of carboxylic acid groups (broad SMARTS) is 1. The average Bonchev–Trinajstić information content (AvgIpc) is 2.91. The number of hydrogen-bond donors (Lipinski definition) is 3. The third kappa shape index (κ3) is 3.95. The van der Waals surface area contributed by atoms with Crippen LogP contribution in [0, 0.1) is 5.92 Å². The van der Waals surface area contributed by atoms with Crippen LogP contribution in [-0.4, -0.2) is 35.1 Å². The van der Waals surface area contributed by atoms with Gasteiger partial charge < -0.3 is 10.4 Å². The maximum Gasteiger partial charge on any atom is 0.320 e. The number of carboxylic acids is 1. The summed E-state index contributed by atoms with van der Waals surface area (Å²) in [6.07, 6.45) is 2.92. The number of nitrogens with one attached hydrogen (secondary N) is 2. The van der Waals surface area contributed by atoms with Crippen molar-refractivity contribution in [3.8, 4) is 0 Å². The molecular formula is C17H22N2O3. The third-order valence-electron chi connectivity index (χ3n) is 4.08. The van der Waals surface area contributed by atoms with Gasteiger partial charge in [-0.3, -0.25) is 14.9 Å². The van der Waals surface area contributed by atoms with Gasteiger partial charge in [0.15, 0.2) is 0 Å². The zero-order chi connectivity index (χ0) is 16.1. The second-order valence-electron chi connectivity index (χ2n) is 5.72. The minimum Gasteiger partial charge on any atom is -0.480 e. The summed E-state index contributed by atoms with van der Waals surface area (Å²) in [6, 6.07) is 8.94. The first kappa shape index (κ1) is 16.2. The molecule has 5 nitrogen and oxygen atoms in total. The molecule has 0 spiro atoms. The van der Waals surface area contributed by atoms with Crippen LogP contribution in [0.2, 0.25) is 0 Å². The molecule has 1 heterocycles.